The first-order valence-corrected chi connectivity index (χ1v) is 8.32. The van der Waals surface area contributed by atoms with Gasteiger partial charge in [-0.25, -0.2) is 5.10 Å². The summed E-state index contributed by atoms with van der Waals surface area (Å²) >= 11 is 11.2. The number of benzene rings is 2. The number of para-hydroxylation sites is 1. The lowest BCUT2D eigenvalue weighted by Gasteiger charge is -2.06. The average Bonchev–Trinajstić information content (AvgIpc) is 3.01. The topological polar surface area (TPSA) is 84.7 Å². The second-order valence-corrected chi connectivity index (χ2v) is 5.95. The summed E-state index contributed by atoms with van der Waals surface area (Å²) in [5.41, 5.74) is 0.627. The van der Waals surface area contributed by atoms with E-state index in [1.165, 1.54) is 18.0 Å². The molecule has 0 unspecified atom stereocenters. The Balaban J connectivity index is 1.82. The molecule has 0 aliphatic carbocycles. The smallest absolute Gasteiger partial charge is 0.216 e. The zero-order valence-corrected chi connectivity index (χ0v) is 15.3. The van der Waals surface area contributed by atoms with Crippen LogP contribution in [0.25, 0.3) is 0 Å². The molecule has 2 N–H and O–H groups in total. The summed E-state index contributed by atoms with van der Waals surface area (Å²) < 4.78 is 12.5. The van der Waals surface area contributed by atoms with Crippen LogP contribution in [0.4, 0.5) is 0 Å². The fraction of sp³-hybridized carbons (Fsp3) is 0.118. The van der Waals surface area contributed by atoms with Crippen LogP contribution in [0.2, 0.25) is 5.02 Å². The zero-order valence-electron chi connectivity index (χ0n) is 13.7. The number of nitrogens with one attached hydrogen (secondary N) is 1. The van der Waals surface area contributed by atoms with Gasteiger partial charge in [-0.05, 0) is 42.0 Å². The highest BCUT2D eigenvalue weighted by atomic mass is 35.5. The Morgan fingerprint density at radius 1 is 1.35 bits per heavy atom. The summed E-state index contributed by atoms with van der Waals surface area (Å²) in [5.74, 6) is 1.35. The molecule has 134 valence electrons. The number of ether oxygens (including phenoxy) is 2. The van der Waals surface area contributed by atoms with E-state index >= 15 is 0 Å². The molecule has 0 atom stereocenters. The molecule has 0 bridgehead atoms. The molecule has 0 saturated heterocycles. The van der Waals surface area contributed by atoms with Crippen LogP contribution in [-0.2, 0) is 6.61 Å². The van der Waals surface area contributed by atoms with Gasteiger partial charge in [0.2, 0.25) is 4.77 Å². The molecule has 0 saturated carbocycles. The Labute approximate surface area is 159 Å². The third kappa shape index (κ3) is 4.04. The van der Waals surface area contributed by atoms with E-state index in [4.69, 9.17) is 33.3 Å². The molecule has 0 fully saturated rings. The minimum atomic E-state index is -0.122. The zero-order chi connectivity index (χ0) is 18.5. The molecule has 0 amide bonds. The maximum absolute atomic E-state index is 9.79. The first-order chi connectivity index (χ1) is 12.6. The van der Waals surface area contributed by atoms with Gasteiger partial charge < -0.3 is 14.6 Å². The number of H-pyrrole nitrogens is 1. The molecular formula is C17H15ClN4O3S. The monoisotopic (exact) mass is 390 g/mol. The second-order valence-electron chi connectivity index (χ2n) is 5.16. The number of methoxy groups -OCH3 is 1. The maximum Gasteiger partial charge on any atom is 0.216 e. The first-order valence-electron chi connectivity index (χ1n) is 7.53. The normalized spacial score (nSPS) is 11.0. The lowest BCUT2D eigenvalue weighted by atomic mass is 10.2. The Bertz CT molecular complexity index is 985. The quantitative estimate of drug-likeness (QED) is 0.494. The standard InChI is InChI=1S/C17H15ClN4O3S/c1-24-14-8-11(7-13(18)16(14)23)9-19-22-15(20-21-17(22)26)10-25-12-5-3-2-4-6-12/h2-9,23H,10H2,1H3,(H,21,26)/b19-9-. The summed E-state index contributed by atoms with van der Waals surface area (Å²) in [6.07, 6.45) is 1.53. The number of aromatic nitrogens is 3. The molecule has 3 aromatic rings. The van der Waals surface area contributed by atoms with E-state index in [0.29, 0.717) is 21.9 Å². The van der Waals surface area contributed by atoms with Crippen LogP contribution in [0.15, 0.2) is 47.6 Å². The lowest BCUT2D eigenvalue weighted by molar-refractivity contribution is 0.290. The number of phenolic OH excluding ortho intramolecular Hbond substituents is 1. The number of hydrogen-bond donors (Lipinski definition) is 2. The number of hydrogen-bond acceptors (Lipinski definition) is 6. The number of aromatic amines is 1. The van der Waals surface area contributed by atoms with E-state index in [0.717, 1.165) is 0 Å². The summed E-state index contributed by atoms with van der Waals surface area (Å²) in [6.45, 7) is 0.189. The van der Waals surface area contributed by atoms with Gasteiger partial charge in [-0.1, -0.05) is 29.8 Å². The lowest BCUT2D eigenvalue weighted by Crippen LogP contribution is -2.04. The number of nitrogens with zero attached hydrogens (tertiary/aromatic N) is 3. The molecule has 0 radical (unpaired) electrons. The average molecular weight is 391 g/mol. The van der Waals surface area contributed by atoms with Crippen molar-refractivity contribution in [2.24, 2.45) is 5.10 Å². The van der Waals surface area contributed by atoms with Crippen molar-refractivity contribution in [3.8, 4) is 17.2 Å². The molecule has 1 aromatic heterocycles. The van der Waals surface area contributed by atoms with Crippen LogP contribution >= 0.6 is 23.8 Å². The van der Waals surface area contributed by atoms with E-state index in [1.807, 2.05) is 30.3 Å². The number of rotatable bonds is 6. The summed E-state index contributed by atoms with van der Waals surface area (Å²) in [5, 5.41) is 21.1. The SMILES string of the molecule is COc1cc(/C=N\n2c(COc3ccccc3)n[nH]c2=S)cc(Cl)c1O. The van der Waals surface area contributed by atoms with Gasteiger partial charge in [-0.15, -0.1) is 0 Å². The number of halogens is 1. The first kappa shape index (κ1) is 18.0. The molecule has 26 heavy (non-hydrogen) atoms. The Kier molecular flexibility index (Phi) is 5.55. The minimum absolute atomic E-state index is 0.122. The maximum atomic E-state index is 9.79. The predicted octanol–water partition coefficient (Wildman–Crippen LogP) is 3.77. The summed E-state index contributed by atoms with van der Waals surface area (Å²) in [7, 11) is 1.44. The largest absolute Gasteiger partial charge is 0.503 e. The van der Waals surface area contributed by atoms with Gasteiger partial charge in [-0.2, -0.15) is 14.9 Å². The van der Waals surface area contributed by atoms with E-state index < -0.39 is 0 Å². The van der Waals surface area contributed by atoms with Crippen molar-refractivity contribution in [3.05, 3.63) is 63.6 Å². The highest BCUT2D eigenvalue weighted by Crippen LogP contribution is 2.34. The molecular weight excluding hydrogens is 376 g/mol. The van der Waals surface area contributed by atoms with Crippen molar-refractivity contribution in [2.75, 3.05) is 7.11 Å². The Hall–Kier alpha value is -2.84. The highest BCUT2D eigenvalue weighted by molar-refractivity contribution is 7.71. The molecule has 0 aliphatic heterocycles. The van der Waals surface area contributed by atoms with Gasteiger partial charge in [0.25, 0.3) is 0 Å². The van der Waals surface area contributed by atoms with Gasteiger partial charge in [-0.3, -0.25) is 0 Å². The molecule has 0 aliphatic rings. The van der Waals surface area contributed by atoms with Crippen molar-refractivity contribution in [2.45, 2.75) is 6.61 Å². The van der Waals surface area contributed by atoms with Crippen LogP contribution in [0.1, 0.15) is 11.4 Å². The van der Waals surface area contributed by atoms with Crippen LogP contribution in [0.3, 0.4) is 0 Å². The van der Waals surface area contributed by atoms with E-state index in [1.54, 1.807) is 12.1 Å². The van der Waals surface area contributed by atoms with E-state index in [9.17, 15) is 5.11 Å². The fourth-order valence-corrected chi connectivity index (χ4v) is 2.57. The van der Waals surface area contributed by atoms with Gasteiger partial charge in [0.1, 0.15) is 12.4 Å². The van der Waals surface area contributed by atoms with Crippen molar-refractivity contribution >= 4 is 30.0 Å². The van der Waals surface area contributed by atoms with Crippen LogP contribution in [0, 0.1) is 4.77 Å². The number of phenols is 1. The number of aromatic hydroxyl groups is 1. The van der Waals surface area contributed by atoms with Gasteiger partial charge in [0.15, 0.2) is 17.3 Å². The molecule has 3 rings (SSSR count). The molecule has 0 spiro atoms. The van der Waals surface area contributed by atoms with Crippen molar-refractivity contribution in [3.63, 3.8) is 0 Å². The molecule has 9 heteroatoms. The Morgan fingerprint density at radius 2 is 2.12 bits per heavy atom. The van der Waals surface area contributed by atoms with Gasteiger partial charge in [0.05, 0.1) is 18.3 Å². The van der Waals surface area contributed by atoms with Crippen molar-refractivity contribution in [1.82, 2.24) is 14.9 Å². The van der Waals surface area contributed by atoms with Gasteiger partial charge >= 0.3 is 0 Å². The second kappa shape index (κ2) is 8.03. The Morgan fingerprint density at radius 3 is 2.85 bits per heavy atom. The predicted molar refractivity (Wildman–Crippen MR) is 101 cm³/mol. The van der Waals surface area contributed by atoms with Crippen molar-refractivity contribution < 1.29 is 14.6 Å². The summed E-state index contributed by atoms with van der Waals surface area (Å²) in [6, 6.07) is 12.5. The molecule has 2 aromatic carbocycles. The highest BCUT2D eigenvalue weighted by Gasteiger charge is 2.09. The van der Waals surface area contributed by atoms with Gasteiger partial charge in [0, 0.05) is 0 Å². The van der Waals surface area contributed by atoms with Crippen molar-refractivity contribution in [1.29, 1.82) is 0 Å². The molecule has 7 nitrogen and oxygen atoms in total. The van der Waals surface area contributed by atoms with E-state index in [-0.39, 0.29) is 23.1 Å². The van der Waals surface area contributed by atoms with Crippen LogP contribution < -0.4 is 9.47 Å². The third-order valence-corrected chi connectivity index (χ3v) is 3.97. The summed E-state index contributed by atoms with van der Waals surface area (Å²) in [4.78, 5) is 0. The van der Waals surface area contributed by atoms with Crippen LogP contribution in [0.5, 0.6) is 17.2 Å². The van der Waals surface area contributed by atoms with E-state index in [2.05, 4.69) is 15.3 Å². The minimum Gasteiger partial charge on any atom is -0.503 e. The molecule has 1 heterocycles. The van der Waals surface area contributed by atoms with Crippen LogP contribution in [-0.4, -0.2) is 33.3 Å². The third-order valence-electron chi connectivity index (χ3n) is 3.42. The fourth-order valence-electron chi connectivity index (χ4n) is 2.15.